The Balaban J connectivity index is 2.47. The predicted octanol–water partition coefficient (Wildman–Crippen LogP) is 4.62. The van der Waals surface area contributed by atoms with E-state index in [4.69, 9.17) is 0 Å². The molecule has 0 heterocycles. The molecule has 0 unspecified atom stereocenters. The first kappa shape index (κ1) is 15.5. The highest BCUT2D eigenvalue weighted by Crippen LogP contribution is 2.33. The van der Waals surface area contributed by atoms with Gasteiger partial charge in [0.1, 0.15) is 5.82 Å². The summed E-state index contributed by atoms with van der Waals surface area (Å²) in [5.74, 6) is -0.470. The monoisotopic (exact) mass is 297 g/mol. The largest absolute Gasteiger partial charge is 0.416 e. The molecule has 2 rings (SSSR count). The second-order valence-electron chi connectivity index (χ2n) is 4.66. The first-order chi connectivity index (χ1) is 9.91. The van der Waals surface area contributed by atoms with Gasteiger partial charge in [0.2, 0.25) is 0 Å². The molecule has 0 aromatic heterocycles. The molecule has 0 saturated carbocycles. The minimum Gasteiger partial charge on any atom is -0.313 e. The highest BCUT2D eigenvalue weighted by molar-refractivity contribution is 5.68. The summed E-state index contributed by atoms with van der Waals surface area (Å²) in [5, 5.41) is 3.09. The van der Waals surface area contributed by atoms with E-state index in [0.717, 1.165) is 24.2 Å². The summed E-state index contributed by atoms with van der Waals surface area (Å²) in [6, 6.07) is 9.11. The molecule has 112 valence electrons. The highest BCUT2D eigenvalue weighted by atomic mass is 19.4. The molecule has 0 saturated heterocycles. The van der Waals surface area contributed by atoms with Gasteiger partial charge in [-0.1, -0.05) is 25.1 Å². The normalized spacial score (nSPS) is 11.7. The maximum absolute atomic E-state index is 13.4. The van der Waals surface area contributed by atoms with E-state index in [2.05, 4.69) is 5.32 Å². The van der Waals surface area contributed by atoms with Crippen LogP contribution in [-0.4, -0.2) is 6.54 Å². The third-order valence-corrected chi connectivity index (χ3v) is 3.14. The third-order valence-electron chi connectivity index (χ3n) is 3.14. The second kappa shape index (κ2) is 6.26. The Morgan fingerprint density at radius 3 is 2.48 bits per heavy atom. The summed E-state index contributed by atoms with van der Waals surface area (Å²) >= 11 is 0. The van der Waals surface area contributed by atoms with E-state index in [1.165, 1.54) is 18.2 Å². The van der Waals surface area contributed by atoms with Crippen LogP contribution in [0.4, 0.5) is 17.6 Å². The van der Waals surface area contributed by atoms with Crippen LogP contribution in [0.15, 0.2) is 42.5 Å². The molecule has 5 heteroatoms. The molecule has 0 fully saturated rings. The number of benzene rings is 2. The van der Waals surface area contributed by atoms with E-state index in [1.807, 2.05) is 6.92 Å². The lowest BCUT2D eigenvalue weighted by Gasteiger charge is -2.13. The third kappa shape index (κ3) is 3.82. The fraction of sp³-hybridized carbons (Fsp3) is 0.250. The first-order valence-corrected chi connectivity index (χ1v) is 6.58. The molecular formula is C16H15F4N. The van der Waals surface area contributed by atoms with Gasteiger partial charge >= 0.3 is 6.18 Å². The van der Waals surface area contributed by atoms with Crippen LogP contribution in [0, 0.1) is 5.82 Å². The van der Waals surface area contributed by atoms with Crippen molar-refractivity contribution in [2.45, 2.75) is 19.6 Å². The van der Waals surface area contributed by atoms with Crippen molar-refractivity contribution >= 4 is 0 Å². The van der Waals surface area contributed by atoms with E-state index >= 15 is 0 Å². The van der Waals surface area contributed by atoms with E-state index in [9.17, 15) is 17.6 Å². The van der Waals surface area contributed by atoms with E-state index < -0.39 is 17.6 Å². The molecule has 2 aromatic rings. The van der Waals surface area contributed by atoms with Gasteiger partial charge in [0, 0.05) is 6.54 Å². The van der Waals surface area contributed by atoms with Crippen LogP contribution in [0.3, 0.4) is 0 Å². The van der Waals surface area contributed by atoms with Crippen molar-refractivity contribution in [1.82, 2.24) is 5.32 Å². The molecule has 1 nitrogen and oxygen atoms in total. The van der Waals surface area contributed by atoms with Crippen LogP contribution in [-0.2, 0) is 12.7 Å². The zero-order chi connectivity index (χ0) is 15.5. The summed E-state index contributed by atoms with van der Waals surface area (Å²) in [7, 11) is 0. The summed E-state index contributed by atoms with van der Waals surface area (Å²) in [6.07, 6.45) is -4.41. The smallest absolute Gasteiger partial charge is 0.313 e. The van der Waals surface area contributed by atoms with Gasteiger partial charge in [-0.2, -0.15) is 13.2 Å². The lowest BCUT2D eigenvalue weighted by Crippen LogP contribution is -2.12. The Morgan fingerprint density at radius 1 is 1.05 bits per heavy atom. The van der Waals surface area contributed by atoms with Crippen molar-refractivity contribution in [1.29, 1.82) is 0 Å². The standard InChI is InChI=1S/C16H15F4N/c1-2-21-10-12-6-7-14(17)9-15(12)11-4-3-5-13(8-11)16(18,19)20/h3-9,21H,2,10H2,1H3. The predicted molar refractivity (Wildman–Crippen MR) is 74.2 cm³/mol. The molecule has 0 bridgehead atoms. The number of hydrogen-bond acceptors (Lipinski definition) is 1. The number of alkyl halides is 3. The Kier molecular flexibility index (Phi) is 4.63. The van der Waals surface area contributed by atoms with Gasteiger partial charge in [-0.3, -0.25) is 0 Å². The van der Waals surface area contributed by atoms with Crippen molar-refractivity contribution in [2.24, 2.45) is 0 Å². The Labute approximate surface area is 120 Å². The maximum atomic E-state index is 13.4. The Hall–Kier alpha value is -1.88. The topological polar surface area (TPSA) is 12.0 Å². The average Bonchev–Trinajstić information content (AvgIpc) is 2.45. The average molecular weight is 297 g/mol. The number of halogens is 4. The van der Waals surface area contributed by atoms with Crippen LogP contribution in [0.2, 0.25) is 0 Å². The molecule has 0 aliphatic heterocycles. The molecule has 0 amide bonds. The van der Waals surface area contributed by atoms with Gasteiger partial charge in [-0.05, 0) is 47.5 Å². The molecule has 21 heavy (non-hydrogen) atoms. The lowest BCUT2D eigenvalue weighted by atomic mass is 9.97. The quantitative estimate of drug-likeness (QED) is 0.812. The van der Waals surface area contributed by atoms with Gasteiger partial charge in [-0.15, -0.1) is 0 Å². The number of nitrogens with one attached hydrogen (secondary N) is 1. The van der Waals surface area contributed by atoms with Crippen molar-refractivity contribution < 1.29 is 17.6 Å². The molecule has 0 aliphatic rings. The second-order valence-corrected chi connectivity index (χ2v) is 4.66. The first-order valence-electron chi connectivity index (χ1n) is 6.58. The van der Waals surface area contributed by atoms with Crippen LogP contribution < -0.4 is 5.32 Å². The Bertz CT molecular complexity index is 620. The molecular weight excluding hydrogens is 282 g/mol. The van der Waals surface area contributed by atoms with Gasteiger partial charge in [0.05, 0.1) is 5.56 Å². The SMILES string of the molecule is CCNCc1ccc(F)cc1-c1cccc(C(F)(F)F)c1. The molecule has 0 atom stereocenters. The van der Waals surface area contributed by atoms with Crippen LogP contribution >= 0.6 is 0 Å². The fourth-order valence-electron chi connectivity index (χ4n) is 2.09. The van der Waals surface area contributed by atoms with Crippen LogP contribution in [0.1, 0.15) is 18.1 Å². The summed E-state index contributed by atoms with van der Waals surface area (Å²) < 4.78 is 51.8. The number of hydrogen-bond donors (Lipinski definition) is 1. The molecule has 0 radical (unpaired) electrons. The van der Waals surface area contributed by atoms with Crippen LogP contribution in [0.25, 0.3) is 11.1 Å². The summed E-state index contributed by atoms with van der Waals surface area (Å²) in [4.78, 5) is 0. The maximum Gasteiger partial charge on any atom is 0.416 e. The molecule has 2 aromatic carbocycles. The lowest BCUT2D eigenvalue weighted by molar-refractivity contribution is -0.137. The van der Waals surface area contributed by atoms with Gasteiger partial charge < -0.3 is 5.32 Å². The minimum absolute atomic E-state index is 0.359. The summed E-state index contributed by atoms with van der Waals surface area (Å²) in [6.45, 7) is 3.12. The van der Waals surface area contributed by atoms with Crippen LogP contribution in [0.5, 0.6) is 0 Å². The Morgan fingerprint density at radius 2 is 1.81 bits per heavy atom. The van der Waals surface area contributed by atoms with E-state index in [1.54, 1.807) is 12.1 Å². The minimum atomic E-state index is -4.41. The van der Waals surface area contributed by atoms with Gasteiger partial charge in [0.15, 0.2) is 0 Å². The van der Waals surface area contributed by atoms with E-state index in [-0.39, 0.29) is 0 Å². The molecule has 0 aliphatic carbocycles. The van der Waals surface area contributed by atoms with Crippen molar-refractivity contribution in [2.75, 3.05) is 6.54 Å². The summed E-state index contributed by atoms with van der Waals surface area (Å²) in [5.41, 5.74) is 0.857. The van der Waals surface area contributed by atoms with Crippen molar-refractivity contribution in [3.63, 3.8) is 0 Å². The van der Waals surface area contributed by atoms with Crippen molar-refractivity contribution in [3.8, 4) is 11.1 Å². The van der Waals surface area contributed by atoms with Gasteiger partial charge in [0.25, 0.3) is 0 Å². The molecule has 1 N–H and O–H groups in total. The zero-order valence-electron chi connectivity index (χ0n) is 11.5. The van der Waals surface area contributed by atoms with Gasteiger partial charge in [-0.25, -0.2) is 4.39 Å². The zero-order valence-corrected chi connectivity index (χ0v) is 11.5. The fourth-order valence-corrected chi connectivity index (χ4v) is 2.09. The number of rotatable bonds is 4. The highest BCUT2D eigenvalue weighted by Gasteiger charge is 2.30. The van der Waals surface area contributed by atoms with E-state index in [0.29, 0.717) is 17.7 Å². The molecule has 0 spiro atoms. The van der Waals surface area contributed by atoms with Crippen molar-refractivity contribution in [3.05, 3.63) is 59.4 Å².